The Kier molecular flexibility index (Phi) is 8.10. The Morgan fingerprint density at radius 3 is 2.40 bits per heavy atom. The highest BCUT2D eigenvalue weighted by Crippen LogP contribution is 2.32. The van der Waals surface area contributed by atoms with Crippen molar-refractivity contribution in [2.24, 2.45) is 0 Å². The number of benzene rings is 1. The average Bonchev–Trinajstić information content (AvgIpc) is 2.98. The van der Waals surface area contributed by atoms with Crippen LogP contribution in [0.3, 0.4) is 0 Å². The monoisotopic (exact) mass is 474 g/mol. The molecule has 0 aliphatic carbocycles. The van der Waals surface area contributed by atoms with E-state index in [1.807, 2.05) is 6.07 Å². The maximum atomic E-state index is 12.6. The van der Waals surface area contributed by atoms with E-state index in [2.05, 4.69) is 25.0 Å². The van der Waals surface area contributed by atoms with E-state index in [1.165, 1.54) is 0 Å². The number of ether oxygens (including phenoxy) is 2. The van der Waals surface area contributed by atoms with Gasteiger partial charge >= 0.3 is 12.2 Å². The molecule has 2 rings (SSSR count). The van der Waals surface area contributed by atoms with E-state index in [-0.39, 0.29) is 18.1 Å². The molecule has 0 bridgehead atoms. The highest BCUT2D eigenvalue weighted by Gasteiger charge is 2.39. The molecule has 1 heterocycles. The average molecular weight is 475 g/mol. The van der Waals surface area contributed by atoms with Crippen molar-refractivity contribution in [2.75, 3.05) is 19.7 Å². The molecule has 1 saturated heterocycles. The lowest BCUT2D eigenvalue weighted by Crippen LogP contribution is -2.43. The SMILES string of the molecule is CC(C)(C)OC(=O)N[C@H]1CN(C(=O)OCC[Si](C)(C)C)C[C@@H]1c1ccc(Cl)c(Cl)c1. The lowest BCUT2D eigenvalue weighted by Gasteiger charge is -2.24. The van der Waals surface area contributed by atoms with Crippen molar-refractivity contribution >= 4 is 43.5 Å². The summed E-state index contributed by atoms with van der Waals surface area (Å²) in [6, 6.07) is 5.93. The Bertz CT molecular complexity index is 777. The molecule has 1 aliphatic heterocycles. The Morgan fingerprint density at radius 1 is 1.17 bits per heavy atom. The van der Waals surface area contributed by atoms with E-state index in [0.717, 1.165) is 11.6 Å². The predicted octanol–water partition coefficient (Wildman–Crippen LogP) is 5.76. The van der Waals surface area contributed by atoms with Crippen molar-refractivity contribution < 1.29 is 19.1 Å². The van der Waals surface area contributed by atoms with Crippen LogP contribution >= 0.6 is 23.2 Å². The number of alkyl carbamates (subject to hydrolysis) is 1. The van der Waals surface area contributed by atoms with Crippen LogP contribution in [0.2, 0.25) is 35.7 Å². The van der Waals surface area contributed by atoms with Crippen LogP contribution in [0, 0.1) is 0 Å². The Hall–Kier alpha value is -1.44. The van der Waals surface area contributed by atoms with Crippen LogP contribution in [0.25, 0.3) is 0 Å². The Balaban J connectivity index is 2.13. The van der Waals surface area contributed by atoms with Crippen molar-refractivity contribution in [2.45, 2.75) is 64.0 Å². The van der Waals surface area contributed by atoms with E-state index < -0.39 is 19.8 Å². The smallest absolute Gasteiger partial charge is 0.409 e. The largest absolute Gasteiger partial charge is 0.450 e. The number of hydrogen-bond donors (Lipinski definition) is 1. The lowest BCUT2D eigenvalue weighted by atomic mass is 9.94. The molecule has 1 aliphatic rings. The first-order chi connectivity index (χ1) is 13.7. The van der Waals surface area contributed by atoms with E-state index in [1.54, 1.807) is 37.8 Å². The lowest BCUT2D eigenvalue weighted by molar-refractivity contribution is 0.0500. The molecule has 0 spiro atoms. The van der Waals surface area contributed by atoms with E-state index in [0.29, 0.717) is 29.7 Å². The fourth-order valence-corrected chi connectivity index (χ4v) is 4.20. The second-order valence-corrected chi connectivity index (χ2v) is 16.3. The van der Waals surface area contributed by atoms with Crippen LogP contribution < -0.4 is 5.32 Å². The summed E-state index contributed by atoms with van der Waals surface area (Å²) in [5, 5.41) is 3.79. The number of hydrogen-bond acceptors (Lipinski definition) is 4. The van der Waals surface area contributed by atoms with Gasteiger partial charge in [-0.15, -0.1) is 0 Å². The number of likely N-dealkylation sites (tertiary alicyclic amines) is 1. The van der Waals surface area contributed by atoms with Gasteiger partial charge in [-0.1, -0.05) is 48.9 Å². The molecule has 0 aromatic heterocycles. The highest BCUT2D eigenvalue weighted by atomic mass is 35.5. The van der Waals surface area contributed by atoms with Gasteiger partial charge in [0.15, 0.2) is 0 Å². The zero-order chi connectivity index (χ0) is 22.7. The first-order valence-corrected chi connectivity index (χ1v) is 14.6. The summed E-state index contributed by atoms with van der Waals surface area (Å²) in [7, 11) is -1.30. The number of nitrogens with zero attached hydrogens (tertiary/aromatic N) is 1. The Labute approximate surface area is 190 Å². The second kappa shape index (κ2) is 9.79. The van der Waals surface area contributed by atoms with Crippen molar-refractivity contribution in [3.05, 3.63) is 33.8 Å². The van der Waals surface area contributed by atoms with Gasteiger partial charge in [-0.25, -0.2) is 9.59 Å². The number of rotatable bonds is 5. The summed E-state index contributed by atoms with van der Waals surface area (Å²) in [6.45, 7) is 13.3. The van der Waals surface area contributed by atoms with Gasteiger partial charge in [0.05, 0.1) is 22.7 Å². The Morgan fingerprint density at radius 2 is 1.83 bits per heavy atom. The first-order valence-electron chi connectivity index (χ1n) is 10.1. The van der Waals surface area contributed by atoms with Gasteiger partial charge in [0, 0.05) is 27.1 Å². The molecular weight excluding hydrogens is 443 g/mol. The molecule has 2 atom stereocenters. The van der Waals surface area contributed by atoms with Gasteiger partial charge in [-0.3, -0.25) is 0 Å². The minimum Gasteiger partial charge on any atom is -0.450 e. The third-order valence-corrected chi connectivity index (χ3v) is 7.17. The van der Waals surface area contributed by atoms with Gasteiger partial charge < -0.3 is 19.7 Å². The van der Waals surface area contributed by atoms with Gasteiger partial charge in [-0.05, 0) is 44.5 Å². The number of carbonyl (C=O) groups excluding carboxylic acids is 2. The summed E-state index contributed by atoms with van der Waals surface area (Å²) < 4.78 is 10.9. The van der Waals surface area contributed by atoms with Gasteiger partial charge in [0.2, 0.25) is 0 Å². The zero-order valence-corrected chi connectivity index (χ0v) is 21.1. The molecule has 1 aromatic rings. The molecule has 1 N–H and O–H groups in total. The summed E-state index contributed by atoms with van der Waals surface area (Å²) in [4.78, 5) is 26.6. The van der Waals surface area contributed by atoms with Crippen molar-refractivity contribution in [1.82, 2.24) is 10.2 Å². The van der Waals surface area contributed by atoms with E-state index in [4.69, 9.17) is 32.7 Å². The van der Waals surface area contributed by atoms with Gasteiger partial charge in [0.25, 0.3) is 0 Å². The van der Waals surface area contributed by atoms with Crippen molar-refractivity contribution in [1.29, 1.82) is 0 Å². The standard InChI is InChI=1S/C21H32Cl2N2O4Si/c1-21(2,3)29-19(26)24-18-13-25(20(27)28-9-10-30(4,5)6)12-15(18)14-7-8-16(22)17(23)11-14/h7-8,11,15,18H,9-10,12-13H2,1-6H3,(H,24,26)/t15-,18+/m1/s1. The third-order valence-electron chi connectivity index (χ3n) is 4.73. The molecule has 2 amide bonds. The quantitative estimate of drug-likeness (QED) is 0.550. The summed E-state index contributed by atoms with van der Waals surface area (Å²) in [5.74, 6) is -0.156. The predicted molar refractivity (Wildman–Crippen MR) is 123 cm³/mol. The summed E-state index contributed by atoms with van der Waals surface area (Å²) >= 11 is 12.2. The maximum Gasteiger partial charge on any atom is 0.409 e. The molecule has 30 heavy (non-hydrogen) atoms. The number of nitrogens with one attached hydrogen (secondary N) is 1. The molecular formula is C21H32Cl2N2O4Si. The minimum absolute atomic E-state index is 0.156. The topological polar surface area (TPSA) is 67.9 Å². The molecule has 168 valence electrons. The molecule has 9 heteroatoms. The molecule has 6 nitrogen and oxygen atoms in total. The highest BCUT2D eigenvalue weighted by molar-refractivity contribution is 6.76. The molecule has 0 radical (unpaired) electrons. The second-order valence-electron chi connectivity index (χ2n) is 9.86. The third kappa shape index (κ3) is 7.67. The number of halogens is 2. The van der Waals surface area contributed by atoms with Crippen molar-refractivity contribution in [3.8, 4) is 0 Å². The molecule has 0 unspecified atom stereocenters. The van der Waals surface area contributed by atoms with Gasteiger partial charge in [-0.2, -0.15) is 0 Å². The van der Waals surface area contributed by atoms with Crippen LogP contribution in [0.15, 0.2) is 18.2 Å². The normalized spacial score (nSPS) is 19.5. The minimum atomic E-state index is -1.30. The van der Waals surface area contributed by atoms with Crippen LogP contribution in [0.5, 0.6) is 0 Å². The van der Waals surface area contributed by atoms with Crippen LogP contribution in [-0.4, -0.2) is 56.5 Å². The van der Waals surface area contributed by atoms with Crippen LogP contribution in [0.1, 0.15) is 32.3 Å². The van der Waals surface area contributed by atoms with Crippen LogP contribution in [-0.2, 0) is 9.47 Å². The molecule has 0 saturated carbocycles. The van der Waals surface area contributed by atoms with E-state index >= 15 is 0 Å². The first kappa shape index (κ1) is 24.8. The summed E-state index contributed by atoms with van der Waals surface area (Å²) in [5.41, 5.74) is 0.278. The fourth-order valence-electron chi connectivity index (χ4n) is 3.17. The zero-order valence-electron chi connectivity index (χ0n) is 18.6. The maximum absolute atomic E-state index is 12.6. The fraction of sp³-hybridized carbons (Fsp3) is 0.619. The number of carbonyl (C=O) groups is 2. The van der Waals surface area contributed by atoms with Crippen LogP contribution in [0.4, 0.5) is 9.59 Å². The van der Waals surface area contributed by atoms with Crippen molar-refractivity contribution in [3.63, 3.8) is 0 Å². The molecule has 1 fully saturated rings. The number of amides is 2. The van der Waals surface area contributed by atoms with Gasteiger partial charge in [0.1, 0.15) is 5.60 Å². The van der Waals surface area contributed by atoms with E-state index in [9.17, 15) is 9.59 Å². The molecule has 1 aromatic carbocycles. The summed E-state index contributed by atoms with van der Waals surface area (Å²) in [6.07, 6.45) is -0.890.